The Balaban J connectivity index is 1.72. The maximum absolute atomic E-state index is 12.6. The first-order valence-electron chi connectivity index (χ1n) is 7.61. The van der Waals surface area contributed by atoms with Crippen LogP contribution in [0.3, 0.4) is 0 Å². The molecule has 0 aliphatic carbocycles. The quantitative estimate of drug-likeness (QED) is 0.868. The van der Waals surface area contributed by atoms with E-state index in [0.29, 0.717) is 6.54 Å². The van der Waals surface area contributed by atoms with Gasteiger partial charge in [-0.3, -0.25) is 4.79 Å². The Morgan fingerprint density at radius 3 is 2.41 bits per heavy atom. The lowest BCUT2D eigenvalue weighted by Crippen LogP contribution is -2.52. The minimum atomic E-state index is -0.189. The van der Waals surface area contributed by atoms with E-state index in [9.17, 15) is 4.79 Å². The molecule has 0 fully saturated rings. The number of amides is 1. The summed E-state index contributed by atoms with van der Waals surface area (Å²) in [5.41, 5.74) is 2.38. The van der Waals surface area contributed by atoms with Crippen molar-refractivity contribution in [2.45, 2.75) is 32.4 Å². The zero-order valence-electron chi connectivity index (χ0n) is 13.1. The van der Waals surface area contributed by atoms with Gasteiger partial charge in [-0.15, -0.1) is 0 Å². The van der Waals surface area contributed by atoms with Crippen LogP contribution in [0.4, 0.5) is 0 Å². The molecule has 0 aromatic heterocycles. The molecule has 0 atom stereocenters. The van der Waals surface area contributed by atoms with Crippen LogP contribution in [0.25, 0.3) is 0 Å². The van der Waals surface area contributed by atoms with Gasteiger partial charge < -0.3 is 9.64 Å². The van der Waals surface area contributed by atoms with Crippen molar-refractivity contribution >= 4 is 5.91 Å². The first kappa shape index (κ1) is 14.6. The van der Waals surface area contributed by atoms with Crippen LogP contribution in [0.2, 0.25) is 0 Å². The van der Waals surface area contributed by atoms with Crippen LogP contribution < -0.4 is 4.74 Å². The minimum Gasteiger partial charge on any atom is -0.484 e. The van der Waals surface area contributed by atoms with E-state index in [0.717, 1.165) is 12.2 Å². The largest absolute Gasteiger partial charge is 0.484 e. The highest BCUT2D eigenvalue weighted by Gasteiger charge is 2.35. The van der Waals surface area contributed by atoms with Gasteiger partial charge in [-0.25, -0.2) is 0 Å². The Morgan fingerprint density at radius 1 is 1.05 bits per heavy atom. The predicted molar refractivity (Wildman–Crippen MR) is 86.7 cm³/mol. The Labute approximate surface area is 131 Å². The summed E-state index contributed by atoms with van der Waals surface area (Å²) in [5.74, 6) is 0.759. The summed E-state index contributed by atoms with van der Waals surface area (Å²) < 4.78 is 5.61. The fourth-order valence-electron chi connectivity index (χ4n) is 3.00. The molecule has 0 spiro atoms. The number of carbonyl (C=O) groups is 1. The average molecular weight is 295 g/mol. The van der Waals surface area contributed by atoms with Gasteiger partial charge in [0.15, 0.2) is 6.61 Å². The minimum absolute atomic E-state index is 0.0309. The molecule has 22 heavy (non-hydrogen) atoms. The highest BCUT2D eigenvalue weighted by Crippen LogP contribution is 2.30. The lowest BCUT2D eigenvalue weighted by molar-refractivity contribution is -0.140. The van der Waals surface area contributed by atoms with E-state index >= 15 is 0 Å². The van der Waals surface area contributed by atoms with E-state index in [1.165, 1.54) is 11.1 Å². The topological polar surface area (TPSA) is 29.5 Å². The van der Waals surface area contributed by atoms with Gasteiger partial charge in [-0.05, 0) is 43.5 Å². The fourth-order valence-corrected chi connectivity index (χ4v) is 3.00. The van der Waals surface area contributed by atoms with Gasteiger partial charge in [-0.2, -0.15) is 0 Å². The highest BCUT2D eigenvalue weighted by atomic mass is 16.5. The number of para-hydroxylation sites is 1. The van der Waals surface area contributed by atoms with Crippen molar-refractivity contribution in [3.05, 3.63) is 65.7 Å². The predicted octanol–water partition coefficient (Wildman–Crippen LogP) is 3.43. The molecule has 0 radical (unpaired) electrons. The zero-order valence-corrected chi connectivity index (χ0v) is 13.1. The Hall–Kier alpha value is -2.29. The van der Waals surface area contributed by atoms with Crippen molar-refractivity contribution in [1.82, 2.24) is 4.90 Å². The van der Waals surface area contributed by atoms with E-state index in [2.05, 4.69) is 32.0 Å². The standard InChI is InChI=1S/C19H21NO2/c1-19(2)12-15-8-6-7-9-16(15)13-20(19)18(21)14-22-17-10-4-3-5-11-17/h3-11H,12-14H2,1-2H3. The van der Waals surface area contributed by atoms with Crippen molar-refractivity contribution < 1.29 is 9.53 Å². The number of nitrogens with zero attached hydrogens (tertiary/aromatic N) is 1. The monoisotopic (exact) mass is 295 g/mol. The molecule has 0 N–H and O–H groups in total. The lowest BCUT2D eigenvalue weighted by atomic mass is 9.85. The zero-order chi connectivity index (χ0) is 15.6. The molecule has 3 heteroatoms. The van der Waals surface area contributed by atoms with Crippen molar-refractivity contribution in [1.29, 1.82) is 0 Å². The molecule has 1 aliphatic heterocycles. The molecular weight excluding hydrogens is 274 g/mol. The van der Waals surface area contributed by atoms with E-state index in [1.54, 1.807) is 0 Å². The van der Waals surface area contributed by atoms with Crippen molar-refractivity contribution in [2.24, 2.45) is 0 Å². The fraction of sp³-hybridized carbons (Fsp3) is 0.316. The van der Waals surface area contributed by atoms with Crippen LogP contribution >= 0.6 is 0 Å². The second-order valence-corrected chi connectivity index (χ2v) is 6.34. The summed E-state index contributed by atoms with van der Waals surface area (Å²) in [5, 5.41) is 0. The van der Waals surface area contributed by atoms with E-state index in [1.807, 2.05) is 41.3 Å². The van der Waals surface area contributed by atoms with Gasteiger partial charge in [-0.1, -0.05) is 42.5 Å². The first-order valence-corrected chi connectivity index (χ1v) is 7.61. The summed E-state index contributed by atoms with van der Waals surface area (Å²) in [4.78, 5) is 14.5. The van der Waals surface area contributed by atoms with Crippen molar-refractivity contribution in [3.8, 4) is 5.75 Å². The lowest BCUT2D eigenvalue weighted by Gasteiger charge is -2.43. The van der Waals surface area contributed by atoms with E-state index in [-0.39, 0.29) is 18.1 Å². The molecule has 2 aromatic carbocycles. The third-order valence-corrected chi connectivity index (χ3v) is 4.21. The third-order valence-electron chi connectivity index (χ3n) is 4.21. The summed E-state index contributed by atoms with van der Waals surface area (Å²) >= 11 is 0. The summed E-state index contributed by atoms with van der Waals surface area (Å²) in [6.07, 6.45) is 0.875. The molecule has 114 valence electrons. The highest BCUT2D eigenvalue weighted by molar-refractivity contribution is 5.79. The van der Waals surface area contributed by atoms with Crippen molar-refractivity contribution in [3.63, 3.8) is 0 Å². The summed E-state index contributed by atoms with van der Waals surface area (Å²) in [7, 11) is 0. The molecule has 1 aliphatic rings. The Kier molecular flexibility index (Phi) is 3.88. The number of rotatable bonds is 3. The summed E-state index contributed by atoms with van der Waals surface area (Å²) in [6.45, 7) is 4.96. The van der Waals surface area contributed by atoms with Crippen molar-refractivity contribution in [2.75, 3.05) is 6.61 Å². The molecule has 3 rings (SSSR count). The van der Waals surface area contributed by atoms with Crippen LogP contribution in [0, 0.1) is 0 Å². The van der Waals surface area contributed by atoms with Gasteiger partial charge in [0.1, 0.15) is 5.75 Å². The second kappa shape index (κ2) is 5.84. The first-order chi connectivity index (χ1) is 10.6. The molecule has 3 nitrogen and oxygen atoms in total. The SMILES string of the molecule is CC1(C)Cc2ccccc2CN1C(=O)COc1ccccc1. The van der Waals surface area contributed by atoms with Gasteiger partial charge in [0.05, 0.1) is 0 Å². The molecule has 0 saturated carbocycles. The smallest absolute Gasteiger partial charge is 0.261 e. The second-order valence-electron chi connectivity index (χ2n) is 6.34. The molecule has 1 amide bonds. The molecule has 0 saturated heterocycles. The molecule has 0 bridgehead atoms. The van der Waals surface area contributed by atoms with Crippen LogP contribution in [0.1, 0.15) is 25.0 Å². The molecule has 1 heterocycles. The average Bonchev–Trinajstić information content (AvgIpc) is 2.52. The number of fused-ring (bicyclic) bond motifs is 1. The van der Waals surface area contributed by atoms with Gasteiger partial charge >= 0.3 is 0 Å². The number of benzene rings is 2. The molecular formula is C19H21NO2. The van der Waals surface area contributed by atoms with Gasteiger partial charge in [0.2, 0.25) is 0 Å². The summed E-state index contributed by atoms with van der Waals surface area (Å²) in [6, 6.07) is 17.8. The van der Waals surface area contributed by atoms with Crippen LogP contribution in [0.5, 0.6) is 5.75 Å². The normalized spacial score (nSPS) is 16.0. The number of hydrogen-bond donors (Lipinski definition) is 0. The number of hydrogen-bond acceptors (Lipinski definition) is 2. The van der Waals surface area contributed by atoms with E-state index < -0.39 is 0 Å². The molecule has 0 unspecified atom stereocenters. The van der Waals surface area contributed by atoms with Gasteiger partial charge in [0.25, 0.3) is 5.91 Å². The molecule has 2 aromatic rings. The van der Waals surface area contributed by atoms with Crippen LogP contribution in [-0.2, 0) is 17.8 Å². The van der Waals surface area contributed by atoms with E-state index in [4.69, 9.17) is 4.74 Å². The third kappa shape index (κ3) is 2.98. The van der Waals surface area contributed by atoms with Crippen LogP contribution in [0.15, 0.2) is 54.6 Å². The number of ether oxygens (including phenoxy) is 1. The van der Waals surface area contributed by atoms with Gasteiger partial charge in [0, 0.05) is 12.1 Å². The Bertz CT molecular complexity index is 664. The Morgan fingerprint density at radius 2 is 1.68 bits per heavy atom. The maximum Gasteiger partial charge on any atom is 0.261 e. The number of carbonyl (C=O) groups excluding carboxylic acids is 1. The maximum atomic E-state index is 12.6. The van der Waals surface area contributed by atoms with Crippen LogP contribution in [-0.4, -0.2) is 23.0 Å².